The molecule has 0 bridgehead atoms. The summed E-state index contributed by atoms with van der Waals surface area (Å²) in [6, 6.07) is 5.42. The molecular formula is C13H17F3N2O2. The van der Waals surface area contributed by atoms with E-state index in [0.29, 0.717) is 6.42 Å². The van der Waals surface area contributed by atoms with Gasteiger partial charge in [0.25, 0.3) is 0 Å². The Labute approximate surface area is 115 Å². The molecule has 0 spiro atoms. The molecule has 7 heteroatoms. The zero-order chi connectivity index (χ0) is 15.3. The Morgan fingerprint density at radius 3 is 2.25 bits per heavy atom. The van der Waals surface area contributed by atoms with E-state index in [1.54, 1.807) is 14.1 Å². The Bertz CT molecular complexity index is 444. The molecule has 0 aliphatic carbocycles. The van der Waals surface area contributed by atoms with Gasteiger partial charge in [-0.25, -0.2) is 0 Å². The quantitative estimate of drug-likeness (QED) is 0.899. The fourth-order valence-electron chi connectivity index (χ4n) is 1.75. The van der Waals surface area contributed by atoms with Crippen molar-refractivity contribution in [1.82, 2.24) is 4.90 Å². The molecule has 1 unspecified atom stereocenters. The first-order valence-electron chi connectivity index (χ1n) is 5.99. The van der Waals surface area contributed by atoms with Crippen molar-refractivity contribution in [2.24, 2.45) is 11.7 Å². The molecule has 20 heavy (non-hydrogen) atoms. The Morgan fingerprint density at radius 1 is 1.30 bits per heavy atom. The molecule has 1 aromatic rings. The first-order valence-corrected chi connectivity index (χ1v) is 5.99. The maximum atomic E-state index is 12.0. The maximum absolute atomic E-state index is 12.0. The monoisotopic (exact) mass is 290 g/mol. The van der Waals surface area contributed by atoms with Gasteiger partial charge in [0.05, 0.1) is 5.92 Å². The Kier molecular flexibility index (Phi) is 5.38. The predicted octanol–water partition coefficient (Wildman–Crippen LogP) is 1.79. The lowest BCUT2D eigenvalue weighted by Crippen LogP contribution is -2.35. The van der Waals surface area contributed by atoms with Crippen molar-refractivity contribution >= 4 is 5.91 Å². The molecule has 0 saturated carbocycles. The topological polar surface area (TPSA) is 55.6 Å². The summed E-state index contributed by atoms with van der Waals surface area (Å²) in [6.07, 6.45) is -4.33. The van der Waals surface area contributed by atoms with Crippen LogP contribution in [0.2, 0.25) is 0 Å². The Morgan fingerprint density at radius 2 is 1.85 bits per heavy atom. The smallest absolute Gasteiger partial charge is 0.406 e. The van der Waals surface area contributed by atoms with Crippen LogP contribution in [0.3, 0.4) is 0 Å². The normalized spacial score (nSPS) is 12.9. The third-order valence-corrected chi connectivity index (χ3v) is 2.71. The number of hydrogen-bond donors (Lipinski definition) is 1. The fraction of sp³-hybridized carbons (Fsp3) is 0.462. The van der Waals surface area contributed by atoms with Gasteiger partial charge in [-0.3, -0.25) is 4.79 Å². The van der Waals surface area contributed by atoms with Crippen LogP contribution in [-0.2, 0) is 11.2 Å². The average molecular weight is 290 g/mol. The number of halogens is 3. The molecule has 1 aromatic carbocycles. The molecule has 0 heterocycles. The first-order chi connectivity index (χ1) is 9.23. The van der Waals surface area contributed by atoms with Gasteiger partial charge < -0.3 is 15.4 Å². The van der Waals surface area contributed by atoms with Gasteiger partial charge in [0.15, 0.2) is 0 Å². The van der Waals surface area contributed by atoms with Crippen LogP contribution in [0.15, 0.2) is 24.3 Å². The molecular weight excluding hydrogens is 273 g/mol. The van der Waals surface area contributed by atoms with Crippen molar-refractivity contribution in [1.29, 1.82) is 0 Å². The second-order valence-electron chi connectivity index (χ2n) is 4.56. The van der Waals surface area contributed by atoms with Crippen molar-refractivity contribution in [3.8, 4) is 5.75 Å². The lowest BCUT2D eigenvalue weighted by Gasteiger charge is -2.19. The van der Waals surface area contributed by atoms with Crippen molar-refractivity contribution < 1.29 is 22.7 Å². The summed E-state index contributed by atoms with van der Waals surface area (Å²) in [4.78, 5) is 13.2. The van der Waals surface area contributed by atoms with E-state index < -0.39 is 6.36 Å². The third-order valence-electron chi connectivity index (χ3n) is 2.71. The van der Waals surface area contributed by atoms with Crippen molar-refractivity contribution in [3.63, 3.8) is 0 Å². The molecule has 4 nitrogen and oxygen atoms in total. The molecule has 0 aromatic heterocycles. The number of ether oxygens (including phenoxy) is 1. The van der Waals surface area contributed by atoms with Gasteiger partial charge in [-0.15, -0.1) is 13.2 Å². The summed E-state index contributed by atoms with van der Waals surface area (Å²) in [5.41, 5.74) is 6.28. The number of carbonyl (C=O) groups excluding carboxylic acids is 1. The van der Waals surface area contributed by atoms with E-state index in [-0.39, 0.29) is 24.1 Å². The molecule has 0 aliphatic heterocycles. The molecule has 1 amide bonds. The number of rotatable bonds is 5. The van der Waals surface area contributed by atoms with Crippen molar-refractivity contribution in [3.05, 3.63) is 29.8 Å². The van der Waals surface area contributed by atoms with Gasteiger partial charge >= 0.3 is 6.36 Å². The molecule has 1 atom stereocenters. The lowest BCUT2D eigenvalue weighted by molar-refractivity contribution is -0.274. The van der Waals surface area contributed by atoms with E-state index in [2.05, 4.69) is 4.74 Å². The van der Waals surface area contributed by atoms with Crippen LogP contribution in [0.5, 0.6) is 5.75 Å². The number of carbonyl (C=O) groups is 1. The van der Waals surface area contributed by atoms with Gasteiger partial charge in [0.2, 0.25) is 5.91 Å². The second-order valence-corrected chi connectivity index (χ2v) is 4.56. The van der Waals surface area contributed by atoms with Crippen LogP contribution >= 0.6 is 0 Å². The number of nitrogens with two attached hydrogens (primary N) is 1. The zero-order valence-electron chi connectivity index (χ0n) is 11.3. The van der Waals surface area contributed by atoms with E-state index in [0.717, 1.165) is 5.56 Å². The lowest BCUT2D eigenvalue weighted by atomic mass is 9.98. The van der Waals surface area contributed by atoms with Crippen LogP contribution in [0.25, 0.3) is 0 Å². The van der Waals surface area contributed by atoms with E-state index in [4.69, 9.17) is 5.73 Å². The number of hydrogen-bond acceptors (Lipinski definition) is 3. The van der Waals surface area contributed by atoms with Gasteiger partial charge in [-0.05, 0) is 24.1 Å². The maximum Gasteiger partial charge on any atom is 0.573 e. The summed E-state index contributed by atoms with van der Waals surface area (Å²) in [7, 11) is 3.26. The van der Waals surface area contributed by atoms with E-state index >= 15 is 0 Å². The van der Waals surface area contributed by atoms with Crippen LogP contribution in [-0.4, -0.2) is 37.8 Å². The van der Waals surface area contributed by atoms with Crippen LogP contribution in [0.4, 0.5) is 13.2 Å². The van der Waals surface area contributed by atoms with Gasteiger partial charge in [0, 0.05) is 20.6 Å². The minimum Gasteiger partial charge on any atom is -0.406 e. The van der Waals surface area contributed by atoms with Gasteiger partial charge in [-0.2, -0.15) is 0 Å². The molecule has 112 valence electrons. The molecule has 0 fully saturated rings. The minimum atomic E-state index is -4.71. The highest BCUT2D eigenvalue weighted by Gasteiger charge is 2.31. The van der Waals surface area contributed by atoms with Crippen LogP contribution < -0.4 is 10.5 Å². The molecule has 2 N–H and O–H groups in total. The van der Waals surface area contributed by atoms with Crippen molar-refractivity contribution in [2.45, 2.75) is 12.8 Å². The summed E-state index contributed by atoms with van der Waals surface area (Å²) in [5.74, 6) is -0.785. The highest BCUT2D eigenvalue weighted by Crippen LogP contribution is 2.23. The fourth-order valence-corrected chi connectivity index (χ4v) is 1.75. The van der Waals surface area contributed by atoms with Crippen LogP contribution in [0, 0.1) is 5.92 Å². The van der Waals surface area contributed by atoms with Gasteiger partial charge in [0.1, 0.15) is 5.75 Å². The summed E-state index contributed by atoms with van der Waals surface area (Å²) < 4.78 is 39.8. The summed E-state index contributed by atoms with van der Waals surface area (Å²) >= 11 is 0. The number of amides is 1. The number of nitrogens with zero attached hydrogens (tertiary/aromatic N) is 1. The highest BCUT2D eigenvalue weighted by atomic mass is 19.4. The minimum absolute atomic E-state index is 0.108. The van der Waals surface area contributed by atoms with Crippen LogP contribution in [0.1, 0.15) is 5.56 Å². The predicted molar refractivity (Wildman–Crippen MR) is 68.1 cm³/mol. The number of benzene rings is 1. The van der Waals surface area contributed by atoms with E-state index in [1.165, 1.54) is 29.2 Å². The standard InChI is InChI=1S/C13H17F3N2O2/c1-18(2)12(19)10(8-17)7-9-3-5-11(6-4-9)20-13(14,15)16/h3-6,10H,7-8,17H2,1-2H3. The first kappa shape index (κ1) is 16.3. The zero-order valence-corrected chi connectivity index (χ0v) is 11.3. The number of alkyl halides is 3. The van der Waals surface area contributed by atoms with E-state index in [1.807, 2.05) is 0 Å². The Hall–Kier alpha value is -1.76. The summed E-state index contributed by atoms with van der Waals surface area (Å²) in [6.45, 7) is 0.178. The molecule has 0 saturated heterocycles. The molecule has 1 rings (SSSR count). The second kappa shape index (κ2) is 6.60. The molecule has 0 radical (unpaired) electrons. The Balaban J connectivity index is 2.71. The SMILES string of the molecule is CN(C)C(=O)C(CN)Cc1ccc(OC(F)(F)F)cc1. The average Bonchev–Trinajstić information content (AvgIpc) is 2.35. The molecule has 0 aliphatic rings. The highest BCUT2D eigenvalue weighted by molar-refractivity contribution is 5.78. The van der Waals surface area contributed by atoms with Crippen molar-refractivity contribution in [2.75, 3.05) is 20.6 Å². The van der Waals surface area contributed by atoms with E-state index in [9.17, 15) is 18.0 Å². The van der Waals surface area contributed by atoms with Gasteiger partial charge in [-0.1, -0.05) is 12.1 Å². The third kappa shape index (κ3) is 5.08. The largest absolute Gasteiger partial charge is 0.573 e. The summed E-state index contributed by atoms with van der Waals surface area (Å²) in [5, 5.41) is 0.